The van der Waals surface area contributed by atoms with Crippen molar-refractivity contribution in [2.24, 2.45) is 5.18 Å². The Hall–Kier alpha value is -3.46. The van der Waals surface area contributed by atoms with Gasteiger partial charge < -0.3 is 23.9 Å². The van der Waals surface area contributed by atoms with Crippen LogP contribution in [-0.4, -0.2) is 29.5 Å². The zero-order valence-corrected chi connectivity index (χ0v) is 14.8. The Morgan fingerprint density at radius 3 is 2.93 bits per heavy atom. The number of benzene rings is 2. The van der Waals surface area contributed by atoms with E-state index in [9.17, 15) is 19.2 Å². The molecule has 0 unspecified atom stereocenters. The van der Waals surface area contributed by atoms with Crippen LogP contribution in [0, 0.1) is 10.7 Å². The van der Waals surface area contributed by atoms with Gasteiger partial charge in [0.2, 0.25) is 5.88 Å². The summed E-state index contributed by atoms with van der Waals surface area (Å²) in [5.41, 5.74) is 1.44. The second-order valence-electron chi connectivity index (χ2n) is 6.24. The van der Waals surface area contributed by atoms with Crippen LogP contribution in [0.5, 0.6) is 11.6 Å². The lowest BCUT2D eigenvalue weighted by atomic mass is 10.1. The third-order valence-electron chi connectivity index (χ3n) is 4.60. The van der Waals surface area contributed by atoms with E-state index >= 15 is 0 Å². The van der Waals surface area contributed by atoms with E-state index in [2.05, 4.69) is 5.18 Å². The number of nitroso groups, excluding NO2 is 1. The highest BCUT2D eigenvalue weighted by Gasteiger charge is 2.23. The van der Waals surface area contributed by atoms with E-state index in [0.29, 0.717) is 27.8 Å². The first-order chi connectivity index (χ1) is 13.5. The summed E-state index contributed by atoms with van der Waals surface area (Å²) in [6.07, 6.45) is 0. The van der Waals surface area contributed by atoms with Crippen LogP contribution < -0.4 is 4.74 Å². The van der Waals surface area contributed by atoms with Gasteiger partial charge in [-0.15, -0.1) is 4.91 Å². The minimum atomic E-state index is -0.571. The number of carbonyl (C=O) groups excluding carboxylic acids is 1. The van der Waals surface area contributed by atoms with Crippen LogP contribution in [0.4, 0.5) is 10.1 Å². The SMILES string of the molecule is COC(=O)c1ccc2c(N=O)c(O)n(Cc3cc(F)cc4c3OCOC4)c2c1. The fourth-order valence-corrected chi connectivity index (χ4v) is 3.36. The van der Waals surface area contributed by atoms with Gasteiger partial charge in [0.05, 0.1) is 31.3 Å². The first-order valence-corrected chi connectivity index (χ1v) is 8.32. The van der Waals surface area contributed by atoms with E-state index in [1.807, 2.05) is 0 Å². The second kappa shape index (κ2) is 6.93. The van der Waals surface area contributed by atoms with Gasteiger partial charge in [0.1, 0.15) is 11.6 Å². The predicted octanol–water partition coefficient (Wildman–Crippen LogP) is 3.59. The number of hydrogen-bond donors (Lipinski definition) is 1. The van der Waals surface area contributed by atoms with Gasteiger partial charge in [-0.1, -0.05) is 0 Å². The number of methoxy groups -OCH3 is 1. The molecule has 8 nitrogen and oxygen atoms in total. The van der Waals surface area contributed by atoms with E-state index in [-0.39, 0.29) is 31.2 Å². The number of aromatic hydroxyl groups is 1. The zero-order chi connectivity index (χ0) is 19.8. The molecule has 1 aliphatic heterocycles. The Bertz CT molecular complexity index is 1110. The predicted molar refractivity (Wildman–Crippen MR) is 96.2 cm³/mol. The van der Waals surface area contributed by atoms with Crippen LogP contribution in [-0.2, 0) is 22.6 Å². The van der Waals surface area contributed by atoms with Crippen molar-refractivity contribution in [1.82, 2.24) is 4.57 Å². The Morgan fingerprint density at radius 1 is 1.36 bits per heavy atom. The molecule has 0 fully saturated rings. The van der Waals surface area contributed by atoms with Crippen molar-refractivity contribution in [1.29, 1.82) is 0 Å². The lowest BCUT2D eigenvalue weighted by Gasteiger charge is -2.21. The van der Waals surface area contributed by atoms with Gasteiger partial charge in [-0.25, -0.2) is 9.18 Å². The number of esters is 1. The Morgan fingerprint density at radius 2 is 2.18 bits per heavy atom. The molecule has 1 aromatic heterocycles. The number of halogens is 1. The lowest BCUT2D eigenvalue weighted by Crippen LogP contribution is -2.14. The molecule has 0 saturated heterocycles. The van der Waals surface area contributed by atoms with E-state index in [1.54, 1.807) is 0 Å². The van der Waals surface area contributed by atoms with E-state index in [0.717, 1.165) is 0 Å². The largest absolute Gasteiger partial charge is 0.493 e. The Labute approximate surface area is 158 Å². The topological polar surface area (TPSA) is 99.3 Å². The van der Waals surface area contributed by atoms with Crippen molar-refractivity contribution in [3.63, 3.8) is 0 Å². The third kappa shape index (κ3) is 2.85. The van der Waals surface area contributed by atoms with Gasteiger partial charge >= 0.3 is 5.97 Å². The number of rotatable bonds is 4. The van der Waals surface area contributed by atoms with E-state index in [4.69, 9.17) is 14.2 Å². The molecule has 0 spiro atoms. The third-order valence-corrected chi connectivity index (χ3v) is 4.60. The van der Waals surface area contributed by atoms with Gasteiger partial charge in [0, 0.05) is 16.5 Å². The minimum Gasteiger partial charge on any atom is -0.493 e. The molecule has 1 N–H and O–H groups in total. The summed E-state index contributed by atoms with van der Waals surface area (Å²) >= 11 is 0. The molecule has 0 bridgehead atoms. The quantitative estimate of drug-likeness (QED) is 0.543. The van der Waals surface area contributed by atoms with Gasteiger partial charge in [0.25, 0.3) is 0 Å². The van der Waals surface area contributed by atoms with Crippen LogP contribution in [0.2, 0.25) is 0 Å². The summed E-state index contributed by atoms with van der Waals surface area (Å²) in [5.74, 6) is -0.989. The lowest BCUT2D eigenvalue weighted by molar-refractivity contribution is -0.0173. The van der Waals surface area contributed by atoms with E-state index < -0.39 is 17.7 Å². The smallest absolute Gasteiger partial charge is 0.337 e. The number of nitrogens with zero attached hydrogens (tertiary/aromatic N) is 2. The average Bonchev–Trinajstić information content (AvgIpc) is 2.97. The van der Waals surface area contributed by atoms with E-state index in [1.165, 1.54) is 42.0 Å². The number of aromatic nitrogens is 1. The fraction of sp³-hybridized carbons (Fsp3) is 0.211. The monoisotopic (exact) mass is 386 g/mol. The van der Waals surface area contributed by atoms with Crippen molar-refractivity contribution in [3.05, 3.63) is 57.7 Å². The van der Waals surface area contributed by atoms with Crippen molar-refractivity contribution in [2.75, 3.05) is 13.9 Å². The van der Waals surface area contributed by atoms with Crippen molar-refractivity contribution >= 4 is 22.6 Å². The van der Waals surface area contributed by atoms with Crippen molar-refractivity contribution < 1.29 is 28.5 Å². The maximum Gasteiger partial charge on any atom is 0.337 e. The van der Waals surface area contributed by atoms with Crippen LogP contribution in [0.15, 0.2) is 35.5 Å². The molecule has 0 amide bonds. The van der Waals surface area contributed by atoms with Gasteiger partial charge in [0.15, 0.2) is 12.5 Å². The molecule has 2 aromatic carbocycles. The molecule has 4 rings (SSSR count). The molecule has 9 heteroatoms. The first kappa shape index (κ1) is 17.9. The summed E-state index contributed by atoms with van der Waals surface area (Å²) in [6, 6.07) is 7.05. The highest BCUT2D eigenvalue weighted by Crippen LogP contribution is 2.40. The zero-order valence-electron chi connectivity index (χ0n) is 14.8. The minimum absolute atomic E-state index is 0.0113. The molecule has 0 atom stereocenters. The highest BCUT2D eigenvalue weighted by atomic mass is 19.1. The number of carbonyl (C=O) groups is 1. The fourth-order valence-electron chi connectivity index (χ4n) is 3.36. The van der Waals surface area contributed by atoms with Crippen LogP contribution in [0.25, 0.3) is 10.9 Å². The van der Waals surface area contributed by atoms with Gasteiger partial charge in [-0.2, -0.15) is 0 Å². The molecule has 0 aliphatic carbocycles. The van der Waals surface area contributed by atoms with Gasteiger partial charge in [-0.05, 0) is 35.5 Å². The summed E-state index contributed by atoms with van der Waals surface area (Å²) in [5, 5.41) is 13.8. The summed E-state index contributed by atoms with van der Waals surface area (Å²) < 4.78 is 30.8. The Kier molecular flexibility index (Phi) is 4.44. The average molecular weight is 386 g/mol. The molecule has 3 aromatic rings. The normalized spacial score (nSPS) is 13.1. The molecule has 144 valence electrons. The number of fused-ring (bicyclic) bond motifs is 2. The first-order valence-electron chi connectivity index (χ1n) is 8.32. The van der Waals surface area contributed by atoms with Crippen LogP contribution >= 0.6 is 0 Å². The summed E-state index contributed by atoms with van der Waals surface area (Å²) in [7, 11) is 1.25. The number of hydrogen-bond acceptors (Lipinski definition) is 7. The van der Waals surface area contributed by atoms with Crippen LogP contribution in [0.1, 0.15) is 21.5 Å². The van der Waals surface area contributed by atoms with Crippen LogP contribution in [0.3, 0.4) is 0 Å². The summed E-state index contributed by atoms with van der Waals surface area (Å²) in [6.45, 7) is 0.215. The second-order valence-corrected chi connectivity index (χ2v) is 6.24. The molecule has 0 saturated carbocycles. The molecule has 28 heavy (non-hydrogen) atoms. The Balaban J connectivity index is 1.89. The molecular formula is C19H15FN2O6. The molecular weight excluding hydrogens is 371 g/mol. The molecule has 0 radical (unpaired) electrons. The maximum absolute atomic E-state index is 14.0. The number of ether oxygens (including phenoxy) is 3. The van der Waals surface area contributed by atoms with Crippen molar-refractivity contribution in [3.8, 4) is 11.6 Å². The molecule has 2 heterocycles. The standard InChI is InChI=1S/C19H15FN2O6/c1-26-19(24)10-2-3-14-15(6-10)22(18(23)16(14)21-25)7-11-4-13(20)5-12-8-27-9-28-17(11)12/h2-6,23H,7-9H2,1H3. The molecule has 1 aliphatic rings. The summed E-state index contributed by atoms with van der Waals surface area (Å²) in [4.78, 5) is 23.1. The van der Waals surface area contributed by atoms with Crippen molar-refractivity contribution in [2.45, 2.75) is 13.2 Å². The van der Waals surface area contributed by atoms with Gasteiger partial charge in [-0.3, -0.25) is 0 Å². The maximum atomic E-state index is 14.0. The highest BCUT2D eigenvalue weighted by molar-refractivity contribution is 6.00.